The van der Waals surface area contributed by atoms with Crippen molar-refractivity contribution in [1.29, 1.82) is 0 Å². The average Bonchev–Trinajstić information content (AvgIpc) is 2.74. The number of amides is 2. The number of nitrogens with one attached hydrogen (secondary N) is 2. The maximum Gasteiger partial charge on any atom is 0.279 e. The van der Waals surface area contributed by atoms with Crippen LogP contribution >= 0.6 is 11.8 Å². The van der Waals surface area contributed by atoms with Gasteiger partial charge in [-0.15, -0.1) is 0 Å². The van der Waals surface area contributed by atoms with E-state index >= 15 is 0 Å². The summed E-state index contributed by atoms with van der Waals surface area (Å²) in [5.74, 6) is 0.524. The Kier molecular flexibility index (Phi) is 4.28. The number of hydrogen-bond donors (Lipinski definition) is 3. The maximum atomic E-state index is 11.7. The number of thioether (sulfide) groups is 1. The molecule has 1 saturated carbocycles. The minimum absolute atomic E-state index is 0.136. The third-order valence-corrected chi connectivity index (χ3v) is 4.28. The number of carbonyl (C=O) groups excluding carboxylic acids is 2. The van der Waals surface area contributed by atoms with E-state index < -0.39 is 6.04 Å². The minimum atomic E-state index is -0.409. The van der Waals surface area contributed by atoms with Crippen molar-refractivity contribution in [2.75, 3.05) is 12.3 Å². The standard InChI is InChI=1S/C11H18N2O3S/c14-9-4-2-1-3-7(9)5-12-10(15)8-6-17-11(16)13-8/h7-9,14H,1-6H2,(H,12,15)(H,13,16). The van der Waals surface area contributed by atoms with Crippen LogP contribution in [-0.2, 0) is 4.79 Å². The topological polar surface area (TPSA) is 78.4 Å². The summed E-state index contributed by atoms with van der Waals surface area (Å²) >= 11 is 1.14. The number of aliphatic hydroxyl groups excluding tert-OH is 1. The predicted octanol–water partition coefficient (Wildman–Crippen LogP) is 0.479. The smallest absolute Gasteiger partial charge is 0.279 e. The molecule has 3 N–H and O–H groups in total. The van der Waals surface area contributed by atoms with Crippen LogP contribution in [0.3, 0.4) is 0 Å². The van der Waals surface area contributed by atoms with E-state index in [2.05, 4.69) is 10.6 Å². The van der Waals surface area contributed by atoms with Gasteiger partial charge in [0.25, 0.3) is 5.24 Å². The number of hydrogen-bond acceptors (Lipinski definition) is 4. The molecule has 3 atom stereocenters. The highest BCUT2D eigenvalue weighted by Gasteiger charge is 2.29. The number of aliphatic hydroxyl groups is 1. The summed E-state index contributed by atoms with van der Waals surface area (Å²) in [7, 11) is 0. The van der Waals surface area contributed by atoms with Gasteiger partial charge in [-0.1, -0.05) is 24.6 Å². The highest BCUT2D eigenvalue weighted by Crippen LogP contribution is 2.23. The summed E-state index contributed by atoms with van der Waals surface area (Å²) in [4.78, 5) is 22.7. The molecule has 1 aliphatic carbocycles. The predicted molar refractivity (Wildman–Crippen MR) is 65.8 cm³/mol. The van der Waals surface area contributed by atoms with Crippen molar-refractivity contribution < 1.29 is 14.7 Å². The summed E-state index contributed by atoms with van der Waals surface area (Å²) in [6.07, 6.45) is 3.69. The van der Waals surface area contributed by atoms with Crippen LogP contribution in [0.1, 0.15) is 25.7 Å². The molecule has 1 heterocycles. The Bertz CT molecular complexity index is 311. The van der Waals surface area contributed by atoms with Crippen LogP contribution in [-0.4, -0.2) is 40.7 Å². The highest BCUT2D eigenvalue weighted by atomic mass is 32.2. The van der Waals surface area contributed by atoms with E-state index in [1.165, 1.54) is 0 Å². The molecule has 0 aromatic carbocycles. The molecule has 2 fully saturated rings. The van der Waals surface area contributed by atoms with Crippen molar-refractivity contribution >= 4 is 22.9 Å². The second-order valence-electron chi connectivity index (χ2n) is 4.65. The molecule has 0 spiro atoms. The molecule has 3 unspecified atom stereocenters. The largest absolute Gasteiger partial charge is 0.393 e. The quantitative estimate of drug-likeness (QED) is 0.688. The molecule has 2 amide bonds. The fraction of sp³-hybridized carbons (Fsp3) is 0.818. The first kappa shape index (κ1) is 12.7. The Morgan fingerprint density at radius 3 is 2.88 bits per heavy atom. The fourth-order valence-corrected chi connectivity index (χ4v) is 3.09. The second-order valence-corrected chi connectivity index (χ2v) is 5.65. The average molecular weight is 258 g/mol. The van der Waals surface area contributed by atoms with Crippen molar-refractivity contribution in [3.8, 4) is 0 Å². The molecule has 17 heavy (non-hydrogen) atoms. The van der Waals surface area contributed by atoms with Crippen molar-refractivity contribution in [2.45, 2.75) is 37.8 Å². The van der Waals surface area contributed by atoms with E-state index in [0.717, 1.165) is 37.4 Å². The van der Waals surface area contributed by atoms with Gasteiger partial charge in [-0.3, -0.25) is 9.59 Å². The highest BCUT2D eigenvalue weighted by molar-refractivity contribution is 8.14. The third kappa shape index (κ3) is 3.35. The van der Waals surface area contributed by atoms with E-state index in [0.29, 0.717) is 12.3 Å². The summed E-state index contributed by atoms with van der Waals surface area (Å²) in [6, 6.07) is -0.409. The SMILES string of the molecule is O=C1NC(C(=O)NCC2CCCCC2O)CS1. The van der Waals surface area contributed by atoms with Crippen LogP contribution in [0.5, 0.6) is 0 Å². The van der Waals surface area contributed by atoms with Gasteiger partial charge in [0.1, 0.15) is 6.04 Å². The monoisotopic (exact) mass is 258 g/mol. The molecule has 2 rings (SSSR count). The zero-order chi connectivity index (χ0) is 12.3. The molecule has 1 aliphatic heterocycles. The van der Waals surface area contributed by atoms with Crippen molar-refractivity contribution in [3.05, 3.63) is 0 Å². The summed E-state index contributed by atoms with van der Waals surface area (Å²) in [5, 5.41) is 15.0. The fourth-order valence-electron chi connectivity index (χ4n) is 2.31. The zero-order valence-electron chi connectivity index (χ0n) is 9.65. The molecule has 5 nitrogen and oxygen atoms in total. The Hall–Kier alpha value is -0.750. The lowest BCUT2D eigenvalue weighted by Gasteiger charge is -2.27. The van der Waals surface area contributed by atoms with Crippen LogP contribution in [0.15, 0.2) is 0 Å². The van der Waals surface area contributed by atoms with Gasteiger partial charge in [-0.05, 0) is 12.8 Å². The van der Waals surface area contributed by atoms with E-state index in [4.69, 9.17) is 0 Å². The van der Waals surface area contributed by atoms with Crippen LogP contribution in [0.4, 0.5) is 4.79 Å². The summed E-state index contributed by atoms with van der Waals surface area (Å²) in [6.45, 7) is 0.511. The first-order chi connectivity index (χ1) is 8.16. The maximum absolute atomic E-state index is 11.7. The summed E-state index contributed by atoms with van der Waals surface area (Å²) in [5.41, 5.74) is 0. The van der Waals surface area contributed by atoms with Gasteiger partial charge in [0, 0.05) is 18.2 Å². The van der Waals surface area contributed by atoms with Crippen LogP contribution < -0.4 is 10.6 Å². The Morgan fingerprint density at radius 1 is 1.47 bits per heavy atom. The van der Waals surface area contributed by atoms with Crippen molar-refractivity contribution in [1.82, 2.24) is 10.6 Å². The molecule has 6 heteroatoms. The molecule has 0 aromatic rings. The van der Waals surface area contributed by atoms with E-state index in [-0.39, 0.29) is 23.2 Å². The Balaban J connectivity index is 1.73. The molecule has 0 radical (unpaired) electrons. The Morgan fingerprint density at radius 2 is 2.24 bits per heavy atom. The molecular formula is C11H18N2O3S. The van der Waals surface area contributed by atoms with Gasteiger partial charge in [-0.2, -0.15) is 0 Å². The molecule has 0 bridgehead atoms. The van der Waals surface area contributed by atoms with Crippen LogP contribution in [0.2, 0.25) is 0 Å². The van der Waals surface area contributed by atoms with Gasteiger partial charge in [-0.25, -0.2) is 0 Å². The number of rotatable bonds is 3. The molecule has 1 saturated heterocycles. The van der Waals surface area contributed by atoms with E-state index in [1.54, 1.807) is 0 Å². The molecule has 0 aromatic heterocycles. The van der Waals surface area contributed by atoms with Gasteiger partial charge < -0.3 is 15.7 Å². The lowest BCUT2D eigenvalue weighted by molar-refractivity contribution is -0.122. The third-order valence-electron chi connectivity index (χ3n) is 3.40. The molecule has 96 valence electrons. The van der Waals surface area contributed by atoms with E-state index in [1.807, 2.05) is 0 Å². The zero-order valence-corrected chi connectivity index (χ0v) is 10.5. The van der Waals surface area contributed by atoms with Gasteiger partial charge >= 0.3 is 0 Å². The van der Waals surface area contributed by atoms with Crippen LogP contribution in [0, 0.1) is 5.92 Å². The normalized spacial score (nSPS) is 33.2. The van der Waals surface area contributed by atoms with Gasteiger partial charge in [0.2, 0.25) is 5.91 Å². The second kappa shape index (κ2) is 5.73. The summed E-state index contributed by atoms with van der Waals surface area (Å²) < 4.78 is 0. The lowest BCUT2D eigenvalue weighted by atomic mass is 9.86. The van der Waals surface area contributed by atoms with E-state index in [9.17, 15) is 14.7 Å². The minimum Gasteiger partial charge on any atom is -0.393 e. The first-order valence-corrected chi connectivity index (χ1v) is 7.04. The van der Waals surface area contributed by atoms with Gasteiger partial charge in [0.05, 0.1) is 6.10 Å². The molecular weight excluding hydrogens is 240 g/mol. The van der Waals surface area contributed by atoms with Crippen molar-refractivity contribution in [3.63, 3.8) is 0 Å². The lowest BCUT2D eigenvalue weighted by Crippen LogP contribution is -2.46. The number of carbonyl (C=O) groups is 2. The Labute approximate surface area is 105 Å². The van der Waals surface area contributed by atoms with Crippen LogP contribution in [0.25, 0.3) is 0 Å². The van der Waals surface area contributed by atoms with Crippen molar-refractivity contribution in [2.24, 2.45) is 5.92 Å². The van der Waals surface area contributed by atoms with Gasteiger partial charge in [0.15, 0.2) is 0 Å². The molecule has 2 aliphatic rings. The first-order valence-electron chi connectivity index (χ1n) is 6.06.